The van der Waals surface area contributed by atoms with Crippen LogP contribution in [0.5, 0.6) is 0 Å². The minimum absolute atomic E-state index is 0.0940. The number of hydrogen-bond acceptors (Lipinski definition) is 4. The van der Waals surface area contributed by atoms with Crippen LogP contribution in [0.2, 0.25) is 0 Å². The number of imidazole rings is 1. The number of anilines is 1. The smallest absolute Gasteiger partial charge is 0.269 e. The maximum atomic E-state index is 10.9. The van der Waals surface area contributed by atoms with E-state index in [2.05, 4.69) is 4.98 Å². The lowest BCUT2D eigenvalue weighted by molar-refractivity contribution is -0.384. The first-order valence-electron chi connectivity index (χ1n) is 7.20. The van der Waals surface area contributed by atoms with Gasteiger partial charge in [-0.3, -0.25) is 10.1 Å². The zero-order chi connectivity index (χ0) is 16.2. The van der Waals surface area contributed by atoms with E-state index in [0.717, 1.165) is 22.6 Å². The molecule has 2 N–H and O–H groups in total. The second kappa shape index (κ2) is 6.31. The molecule has 0 aliphatic rings. The number of nitrogen functional groups attached to an aromatic ring is 1. The van der Waals surface area contributed by atoms with Crippen molar-refractivity contribution in [3.05, 3.63) is 88.0 Å². The molecule has 0 unspecified atom stereocenters. The topological polar surface area (TPSA) is 87.0 Å². The van der Waals surface area contributed by atoms with Crippen molar-refractivity contribution in [2.45, 2.75) is 13.0 Å². The van der Waals surface area contributed by atoms with Crippen LogP contribution in [-0.4, -0.2) is 14.5 Å². The summed E-state index contributed by atoms with van der Waals surface area (Å²) < 4.78 is 1.98. The molecule has 0 aliphatic carbocycles. The quantitative estimate of drug-likeness (QED) is 0.446. The maximum absolute atomic E-state index is 10.9. The highest BCUT2D eigenvalue weighted by molar-refractivity contribution is 5.47. The van der Waals surface area contributed by atoms with E-state index in [9.17, 15) is 10.1 Å². The van der Waals surface area contributed by atoms with Gasteiger partial charge in [0.1, 0.15) is 5.82 Å². The van der Waals surface area contributed by atoms with Crippen LogP contribution in [0.3, 0.4) is 0 Å². The molecule has 0 spiro atoms. The van der Waals surface area contributed by atoms with Crippen LogP contribution in [0, 0.1) is 10.1 Å². The third kappa shape index (κ3) is 3.37. The van der Waals surface area contributed by atoms with Gasteiger partial charge in [-0.25, -0.2) is 4.98 Å². The number of nitro benzene ring substituents is 1. The number of nitrogens with zero attached hydrogens (tertiary/aromatic N) is 3. The molecular formula is C17H16N4O2. The Kier molecular flexibility index (Phi) is 4.05. The Morgan fingerprint density at radius 1 is 1.17 bits per heavy atom. The summed E-state index contributed by atoms with van der Waals surface area (Å²) >= 11 is 0. The number of nitrogens with two attached hydrogens (primary N) is 1. The number of para-hydroxylation sites is 1. The average Bonchev–Trinajstić information content (AvgIpc) is 2.97. The highest BCUT2D eigenvalue weighted by Crippen LogP contribution is 2.18. The van der Waals surface area contributed by atoms with E-state index >= 15 is 0 Å². The zero-order valence-electron chi connectivity index (χ0n) is 12.4. The van der Waals surface area contributed by atoms with Gasteiger partial charge in [-0.15, -0.1) is 0 Å². The Labute approximate surface area is 133 Å². The summed E-state index contributed by atoms with van der Waals surface area (Å²) in [4.78, 5) is 14.9. The standard InChI is InChI=1S/C17H16N4O2/c18-16-7-2-1-5-14(16)11-17-19-8-9-20(17)12-13-4-3-6-15(10-13)21(22)23/h1-10H,11-12,18H2. The predicted octanol–water partition coefficient (Wildman–Crippen LogP) is 3.01. The van der Waals surface area contributed by atoms with Crippen LogP contribution in [0.25, 0.3) is 0 Å². The Hall–Kier alpha value is -3.15. The molecule has 1 aromatic heterocycles. The second-order valence-electron chi connectivity index (χ2n) is 5.27. The van der Waals surface area contributed by atoms with Crippen molar-refractivity contribution in [1.29, 1.82) is 0 Å². The zero-order valence-corrected chi connectivity index (χ0v) is 12.4. The van der Waals surface area contributed by atoms with Crippen molar-refractivity contribution < 1.29 is 4.92 Å². The Balaban J connectivity index is 1.83. The molecule has 1 heterocycles. The molecule has 23 heavy (non-hydrogen) atoms. The van der Waals surface area contributed by atoms with Crippen LogP contribution in [0.15, 0.2) is 60.9 Å². The minimum Gasteiger partial charge on any atom is -0.398 e. The van der Waals surface area contributed by atoms with Crippen molar-refractivity contribution >= 4 is 11.4 Å². The van der Waals surface area contributed by atoms with Gasteiger partial charge >= 0.3 is 0 Å². The van der Waals surface area contributed by atoms with Gasteiger partial charge in [0.15, 0.2) is 0 Å². The number of rotatable bonds is 5. The lowest BCUT2D eigenvalue weighted by Gasteiger charge is -2.09. The van der Waals surface area contributed by atoms with E-state index in [4.69, 9.17) is 5.73 Å². The van der Waals surface area contributed by atoms with Gasteiger partial charge in [-0.05, 0) is 17.2 Å². The summed E-state index contributed by atoms with van der Waals surface area (Å²) in [5.74, 6) is 0.870. The van der Waals surface area contributed by atoms with Gasteiger partial charge in [0.25, 0.3) is 5.69 Å². The van der Waals surface area contributed by atoms with Crippen molar-refractivity contribution in [3.63, 3.8) is 0 Å². The molecule has 0 saturated heterocycles. The van der Waals surface area contributed by atoms with Gasteiger partial charge in [-0.1, -0.05) is 30.3 Å². The lowest BCUT2D eigenvalue weighted by Crippen LogP contribution is -2.06. The van der Waals surface area contributed by atoms with E-state index in [1.165, 1.54) is 6.07 Å². The van der Waals surface area contributed by atoms with E-state index in [-0.39, 0.29) is 10.6 Å². The number of aromatic nitrogens is 2. The van der Waals surface area contributed by atoms with Crippen molar-refractivity contribution in [2.24, 2.45) is 0 Å². The summed E-state index contributed by atoms with van der Waals surface area (Å²) in [6.07, 6.45) is 4.22. The Morgan fingerprint density at radius 2 is 2.00 bits per heavy atom. The molecule has 0 saturated carbocycles. The highest BCUT2D eigenvalue weighted by atomic mass is 16.6. The van der Waals surface area contributed by atoms with E-state index in [1.54, 1.807) is 18.3 Å². The van der Waals surface area contributed by atoms with Crippen LogP contribution < -0.4 is 5.73 Å². The van der Waals surface area contributed by atoms with Crippen LogP contribution >= 0.6 is 0 Å². The van der Waals surface area contributed by atoms with Crippen LogP contribution in [0.1, 0.15) is 17.0 Å². The summed E-state index contributed by atoms with van der Waals surface area (Å²) in [7, 11) is 0. The molecule has 0 aliphatic heterocycles. The number of nitro groups is 1. The number of hydrogen-bond donors (Lipinski definition) is 1. The molecular weight excluding hydrogens is 292 g/mol. The van der Waals surface area contributed by atoms with Gasteiger partial charge in [-0.2, -0.15) is 0 Å². The summed E-state index contributed by atoms with van der Waals surface area (Å²) in [6, 6.07) is 14.3. The molecule has 6 heteroatoms. The predicted molar refractivity (Wildman–Crippen MR) is 88.1 cm³/mol. The number of benzene rings is 2. The van der Waals surface area contributed by atoms with E-state index in [1.807, 2.05) is 41.1 Å². The summed E-state index contributed by atoms with van der Waals surface area (Å²) in [6.45, 7) is 0.531. The fourth-order valence-electron chi connectivity index (χ4n) is 2.48. The SMILES string of the molecule is Nc1ccccc1Cc1nccn1Cc1cccc([N+](=O)[O-])c1. The molecule has 6 nitrogen and oxygen atoms in total. The van der Waals surface area contributed by atoms with Crippen LogP contribution in [0.4, 0.5) is 11.4 Å². The lowest BCUT2D eigenvalue weighted by atomic mass is 10.1. The third-order valence-electron chi connectivity index (χ3n) is 3.68. The normalized spacial score (nSPS) is 10.6. The molecule has 2 aromatic carbocycles. The second-order valence-corrected chi connectivity index (χ2v) is 5.27. The van der Waals surface area contributed by atoms with E-state index < -0.39 is 0 Å². The molecule has 3 rings (SSSR count). The van der Waals surface area contributed by atoms with Crippen LogP contribution in [-0.2, 0) is 13.0 Å². The van der Waals surface area contributed by atoms with Gasteiger partial charge in [0, 0.05) is 43.2 Å². The summed E-state index contributed by atoms with van der Waals surface area (Å²) in [5, 5.41) is 10.9. The van der Waals surface area contributed by atoms with Gasteiger partial charge < -0.3 is 10.3 Å². The maximum Gasteiger partial charge on any atom is 0.269 e. The molecule has 0 bridgehead atoms. The fourth-order valence-corrected chi connectivity index (χ4v) is 2.48. The molecule has 0 amide bonds. The van der Waals surface area contributed by atoms with Crippen molar-refractivity contribution in [1.82, 2.24) is 9.55 Å². The molecule has 3 aromatic rings. The molecule has 116 valence electrons. The largest absolute Gasteiger partial charge is 0.398 e. The minimum atomic E-state index is -0.386. The first kappa shape index (κ1) is 14.8. The van der Waals surface area contributed by atoms with Crippen molar-refractivity contribution in [2.75, 3.05) is 5.73 Å². The fraction of sp³-hybridized carbons (Fsp3) is 0.118. The average molecular weight is 308 g/mol. The molecule has 0 atom stereocenters. The Morgan fingerprint density at radius 3 is 2.78 bits per heavy atom. The Bertz CT molecular complexity index is 842. The first-order chi connectivity index (χ1) is 11.1. The first-order valence-corrected chi connectivity index (χ1v) is 7.20. The summed E-state index contributed by atoms with van der Waals surface area (Å²) in [5.41, 5.74) is 8.68. The van der Waals surface area contributed by atoms with Gasteiger partial charge in [0.05, 0.1) is 4.92 Å². The molecule has 0 fully saturated rings. The van der Waals surface area contributed by atoms with E-state index in [0.29, 0.717) is 13.0 Å². The highest BCUT2D eigenvalue weighted by Gasteiger charge is 2.09. The van der Waals surface area contributed by atoms with Gasteiger partial charge in [0.2, 0.25) is 0 Å². The third-order valence-corrected chi connectivity index (χ3v) is 3.68. The monoisotopic (exact) mass is 308 g/mol. The molecule has 0 radical (unpaired) electrons. The van der Waals surface area contributed by atoms with Crippen molar-refractivity contribution in [3.8, 4) is 0 Å². The number of non-ortho nitro benzene ring substituents is 1.